The number of nitrogens with one attached hydrogen (secondary N) is 1. The third-order valence-electron chi connectivity index (χ3n) is 4.56. The fourth-order valence-electron chi connectivity index (χ4n) is 3.27. The SMILES string of the molecule is CNC(Cc1c(C)cc(C)cc1C)C(C)c1ccccc1. The van der Waals surface area contributed by atoms with Crippen LogP contribution in [0.4, 0.5) is 0 Å². The molecule has 1 heteroatoms. The second-order valence-electron chi connectivity index (χ2n) is 6.18. The third-order valence-corrected chi connectivity index (χ3v) is 4.56. The van der Waals surface area contributed by atoms with Crippen LogP contribution in [0.15, 0.2) is 42.5 Å². The number of hydrogen-bond acceptors (Lipinski definition) is 1. The Kier molecular flexibility index (Phi) is 5.19. The molecule has 0 aliphatic carbocycles. The first-order valence-electron chi connectivity index (χ1n) is 7.82. The zero-order valence-electron chi connectivity index (χ0n) is 13.9. The fourth-order valence-corrected chi connectivity index (χ4v) is 3.27. The maximum Gasteiger partial charge on any atom is 0.0171 e. The van der Waals surface area contributed by atoms with Gasteiger partial charge in [-0.2, -0.15) is 0 Å². The van der Waals surface area contributed by atoms with Crippen LogP contribution in [0.5, 0.6) is 0 Å². The van der Waals surface area contributed by atoms with Gasteiger partial charge in [0.1, 0.15) is 0 Å². The lowest BCUT2D eigenvalue weighted by molar-refractivity contribution is 0.481. The average Bonchev–Trinajstić information content (AvgIpc) is 2.47. The van der Waals surface area contributed by atoms with Crippen LogP contribution in [0.3, 0.4) is 0 Å². The van der Waals surface area contributed by atoms with Crippen LogP contribution in [0, 0.1) is 20.8 Å². The van der Waals surface area contributed by atoms with Crippen molar-refractivity contribution < 1.29 is 0 Å². The highest BCUT2D eigenvalue weighted by molar-refractivity contribution is 5.38. The summed E-state index contributed by atoms with van der Waals surface area (Å²) in [5.41, 5.74) is 7.06. The maximum atomic E-state index is 3.52. The van der Waals surface area contributed by atoms with Crippen LogP contribution in [-0.4, -0.2) is 13.1 Å². The molecule has 2 unspecified atom stereocenters. The first kappa shape index (κ1) is 15.8. The molecule has 0 saturated heterocycles. The lowest BCUT2D eigenvalue weighted by atomic mass is 9.86. The molecule has 1 nitrogen and oxygen atoms in total. The van der Waals surface area contributed by atoms with Crippen LogP contribution >= 0.6 is 0 Å². The summed E-state index contributed by atoms with van der Waals surface area (Å²) in [7, 11) is 2.07. The quantitative estimate of drug-likeness (QED) is 0.848. The standard InChI is InChI=1S/C20H27N/c1-14-11-15(2)19(16(3)12-14)13-20(21-5)17(4)18-9-7-6-8-10-18/h6-12,17,20-21H,13H2,1-5H3. The minimum atomic E-state index is 0.451. The summed E-state index contributed by atoms with van der Waals surface area (Å²) < 4.78 is 0. The highest BCUT2D eigenvalue weighted by Gasteiger charge is 2.19. The van der Waals surface area contributed by atoms with Crippen LogP contribution in [0.1, 0.15) is 40.7 Å². The predicted molar refractivity (Wildman–Crippen MR) is 92.1 cm³/mol. The van der Waals surface area contributed by atoms with Gasteiger partial charge in [0, 0.05) is 6.04 Å². The highest BCUT2D eigenvalue weighted by Crippen LogP contribution is 2.25. The van der Waals surface area contributed by atoms with Gasteiger partial charge >= 0.3 is 0 Å². The maximum absolute atomic E-state index is 3.52. The lowest BCUT2D eigenvalue weighted by Crippen LogP contribution is -2.33. The summed E-state index contributed by atoms with van der Waals surface area (Å²) in [6, 6.07) is 15.8. The molecule has 21 heavy (non-hydrogen) atoms. The predicted octanol–water partition coefficient (Wildman–Crippen LogP) is 4.55. The Labute approximate surface area is 129 Å². The topological polar surface area (TPSA) is 12.0 Å². The Hall–Kier alpha value is -1.60. The molecule has 2 aromatic rings. The van der Waals surface area contributed by atoms with E-state index in [2.05, 4.69) is 82.5 Å². The number of aryl methyl sites for hydroxylation is 3. The van der Waals surface area contributed by atoms with E-state index in [1.807, 2.05) is 0 Å². The summed E-state index contributed by atoms with van der Waals surface area (Å²) >= 11 is 0. The molecule has 0 spiro atoms. The van der Waals surface area contributed by atoms with Crippen molar-refractivity contribution in [2.24, 2.45) is 0 Å². The molecule has 0 amide bonds. The normalized spacial score (nSPS) is 14.0. The van der Waals surface area contributed by atoms with Crippen LogP contribution in [0.2, 0.25) is 0 Å². The number of hydrogen-bond donors (Lipinski definition) is 1. The van der Waals surface area contributed by atoms with Crippen molar-refractivity contribution in [1.82, 2.24) is 5.32 Å². The van der Waals surface area contributed by atoms with Gasteiger partial charge in [0.05, 0.1) is 0 Å². The zero-order chi connectivity index (χ0) is 15.4. The molecule has 0 aliphatic rings. The molecule has 2 aromatic carbocycles. The van der Waals surface area contributed by atoms with Crippen molar-refractivity contribution in [2.45, 2.75) is 46.1 Å². The van der Waals surface area contributed by atoms with Gasteiger partial charge in [-0.15, -0.1) is 0 Å². The van der Waals surface area contributed by atoms with Gasteiger partial charge in [-0.25, -0.2) is 0 Å². The van der Waals surface area contributed by atoms with E-state index in [9.17, 15) is 0 Å². The molecule has 0 heterocycles. The third kappa shape index (κ3) is 3.74. The largest absolute Gasteiger partial charge is 0.316 e. The van der Waals surface area contributed by atoms with Gasteiger partial charge in [-0.1, -0.05) is 55.0 Å². The van der Waals surface area contributed by atoms with Crippen molar-refractivity contribution in [1.29, 1.82) is 0 Å². The van der Waals surface area contributed by atoms with E-state index >= 15 is 0 Å². The fraction of sp³-hybridized carbons (Fsp3) is 0.400. The van der Waals surface area contributed by atoms with E-state index in [0.29, 0.717) is 12.0 Å². The van der Waals surface area contributed by atoms with Crippen molar-refractivity contribution in [2.75, 3.05) is 7.05 Å². The van der Waals surface area contributed by atoms with Crippen molar-refractivity contribution in [3.8, 4) is 0 Å². The summed E-state index contributed by atoms with van der Waals surface area (Å²) in [4.78, 5) is 0. The average molecular weight is 281 g/mol. The Morgan fingerprint density at radius 3 is 2.05 bits per heavy atom. The van der Waals surface area contributed by atoms with Gasteiger partial charge in [0.15, 0.2) is 0 Å². The smallest absolute Gasteiger partial charge is 0.0171 e. The first-order valence-corrected chi connectivity index (χ1v) is 7.82. The molecule has 0 bridgehead atoms. The molecule has 2 rings (SSSR count). The summed E-state index contributed by atoms with van der Waals surface area (Å²) in [6.07, 6.45) is 1.07. The number of benzene rings is 2. The van der Waals surface area contributed by atoms with E-state index in [1.54, 1.807) is 0 Å². The van der Waals surface area contributed by atoms with Gasteiger partial charge < -0.3 is 5.32 Å². The van der Waals surface area contributed by atoms with Gasteiger partial charge in [0.2, 0.25) is 0 Å². The van der Waals surface area contributed by atoms with Crippen molar-refractivity contribution in [3.63, 3.8) is 0 Å². The Balaban J connectivity index is 2.24. The van der Waals surface area contributed by atoms with E-state index in [4.69, 9.17) is 0 Å². The molecular weight excluding hydrogens is 254 g/mol. The van der Waals surface area contributed by atoms with Crippen LogP contribution in [-0.2, 0) is 6.42 Å². The van der Waals surface area contributed by atoms with Gasteiger partial charge in [-0.3, -0.25) is 0 Å². The Morgan fingerprint density at radius 1 is 0.952 bits per heavy atom. The second kappa shape index (κ2) is 6.91. The molecule has 0 saturated carbocycles. The molecule has 0 radical (unpaired) electrons. The summed E-state index contributed by atoms with van der Waals surface area (Å²) in [6.45, 7) is 8.95. The summed E-state index contributed by atoms with van der Waals surface area (Å²) in [5.74, 6) is 0.497. The molecule has 0 aliphatic heterocycles. The second-order valence-corrected chi connectivity index (χ2v) is 6.18. The van der Waals surface area contributed by atoms with Crippen molar-refractivity contribution in [3.05, 3.63) is 70.3 Å². The van der Waals surface area contributed by atoms with Gasteiger partial charge in [0.25, 0.3) is 0 Å². The van der Waals surface area contributed by atoms with Crippen LogP contribution in [0.25, 0.3) is 0 Å². The van der Waals surface area contributed by atoms with Crippen molar-refractivity contribution >= 4 is 0 Å². The van der Waals surface area contributed by atoms with Crippen LogP contribution < -0.4 is 5.32 Å². The summed E-state index contributed by atoms with van der Waals surface area (Å²) in [5, 5.41) is 3.52. The highest BCUT2D eigenvalue weighted by atomic mass is 14.9. The van der Waals surface area contributed by atoms with E-state index in [0.717, 1.165) is 6.42 Å². The molecule has 0 fully saturated rings. The molecule has 1 N–H and O–H groups in total. The molecule has 112 valence electrons. The monoisotopic (exact) mass is 281 g/mol. The lowest BCUT2D eigenvalue weighted by Gasteiger charge is -2.26. The van der Waals surface area contributed by atoms with E-state index in [1.165, 1.54) is 27.8 Å². The Bertz CT molecular complexity index is 563. The first-order chi connectivity index (χ1) is 10.0. The van der Waals surface area contributed by atoms with Gasteiger partial charge in [-0.05, 0) is 62.4 Å². The molecule has 2 atom stereocenters. The van der Waals surface area contributed by atoms with E-state index < -0.39 is 0 Å². The number of rotatable bonds is 5. The van der Waals surface area contributed by atoms with E-state index in [-0.39, 0.29) is 0 Å². The minimum absolute atomic E-state index is 0.451. The molecule has 0 aromatic heterocycles. The zero-order valence-corrected chi connectivity index (χ0v) is 13.9. The molecular formula is C20H27N. The number of likely N-dealkylation sites (N-methyl/N-ethyl adjacent to an activating group) is 1. The minimum Gasteiger partial charge on any atom is -0.316 e. The Morgan fingerprint density at radius 2 is 1.52 bits per heavy atom.